The molecule has 4 rings (SSSR count). The predicted molar refractivity (Wildman–Crippen MR) is 118 cm³/mol. The molecule has 0 bridgehead atoms. The van der Waals surface area contributed by atoms with Crippen molar-refractivity contribution in [2.24, 2.45) is 0 Å². The van der Waals surface area contributed by atoms with E-state index in [1.165, 1.54) is 16.8 Å². The second-order valence-corrected chi connectivity index (χ2v) is 8.46. The highest BCUT2D eigenvalue weighted by molar-refractivity contribution is 9.10. The molecular formula is C23H24BrN3O. The van der Waals surface area contributed by atoms with Gasteiger partial charge in [0.2, 0.25) is 0 Å². The van der Waals surface area contributed by atoms with E-state index < -0.39 is 0 Å². The minimum absolute atomic E-state index is 0.0919. The number of pyridine rings is 1. The van der Waals surface area contributed by atoms with Crippen LogP contribution in [0.3, 0.4) is 0 Å². The van der Waals surface area contributed by atoms with Crippen molar-refractivity contribution < 1.29 is 4.79 Å². The second-order valence-electron chi connectivity index (χ2n) is 7.54. The molecule has 5 heteroatoms. The molecule has 1 aliphatic heterocycles. The summed E-state index contributed by atoms with van der Waals surface area (Å²) in [6, 6.07) is 14.4. The van der Waals surface area contributed by atoms with Gasteiger partial charge in [-0.1, -0.05) is 28.1 Å². The van der Waals surface area contributed by atoms with Gasteiger partial charge in [0.1, 0.15) is 0 Å². The van der Waals surface area contributed by atoms with Crippen molar-refractivity contribution in [1.82, 2.24) is 9.88 Å². The van der Waals surface area contributed by atoms with E-state index in [1.54, 1.807) is 0 Å². The Morgan fingerprint density at radius 3 is 2.46 bits per heavy atom. The summed E-state index contributed by atoms with van der Waals surface area (Å²) in [5.74, 6) is 0.0919. The van der Waals surface area contributed by atoms with Gasteiger partial charge in [-0.15, -0.1) is 0 Å². The quantitative estimate of drug-likeness (QED) is 0.572. The van der Waals surface area contributed by atoms with Crippen molar-refractivity contribution in [2.45, 2.75) is 20.8 Å². The Morgan fingerprint density at radius 1 is 0.964 bits per heavy atom. The number of carbonyl (C=O) groups is 1. The van der Waals surface area contributed by atoms with E-state index in [0.29, 0.717) is 0 Å². The Morgan fingerprint density at radius 2 is 1.71 bits per heavy atom. The number of halogens is 1. The van der Waals surface area contributed by atoms with Crippen LogP contribution in [-0.2, 0) is 0 Å². The maximum atomic E-state index is 13.3. The molecule has 1 amide bonds. The van der Waals surface area contributed by atoms with Crippen LogP contribution in [0.5, 0.6) is 0 Å². The van der Waals surface area contributed by atoms with Gasteiger partial charge >= 0.3 is 0 Å². The maximum absolute atomic E-state index is 13.3. The fourth-order valence-corrected chi connectivity index (χ4v) is 4.25. The zero-order chi connectivity index (χ0) is 19.8. The minimum Gasteiger partial charge on any atom is -0.368 e. The average molecular weight is 438 g/mol. The first-order chi connectivity index (χ1) is 13.4. The molecule has 28 heavy (non-hydrogen) atoms. The van der Waals surface area contributed by atoms with Gasteiger partial charge in [-0.25, -0.2) is 0 Å². The highest BCUT2D eigenvalue weighted by Crippen LogP contribution is 2.26. The topological polar surface area (TPSA) is 36.4 Å². The lowest BCUT2D eigenvalue weighted by Crippen LogP contribution is -2.49. The first-order valence-electron chi connectivity index (χ1n) is 9.61. The zero-order valence-electron chi connectivity index (χ0n) is 16.5. The number of rotatable bonds is 2. The lowest BCUT2D eigenvalue weighted by atomic mass is 10.1. The van der Waals surface area contributed by atoms with Crippen LogP contribution in [0.2, 0.25) is 0 Å². The molecule has 1 aromatic heterocycles. The van der Waals surface area contributed by atoms with E-state index in [0.717, 1.165) is 52.8 Å². The molecule has 0 unspecified atom stereocenters. The standard InChI is InChI=1S/C23H24BrN3O/c1-15-4-5-16(2)22(12-15)26-8-10-27(11-9-26)23(28)20-13-17(3)25-21-7-6-18(24)14-19(20)21/h4-7,12-14H,8-11H2,1-3H3. The van der Waals surface area contributed by atoms with Gasteiger partial charge in [0.15, 0.2) is 0 Å². The number of aromatic nitrogens is 1. The molecular weight excluding hydrogens is 414 g/mol. The van der Waals surface area contributed by atoms with E-state index in [1.807, 2.05) is 36.1 Å². The molecule has 1 fully saturated rings. The van der Waals surface area contributed by atoms with E-state index in [4.69, 9.17) is 0 Å². The summed E-state index contributed by atoms with van der Waals surface area (Å²) >= 11 is 3.52. The van der Waals surface area contributed by atoms with Crippen molar-refractivity contribution in [3.63, 3.8) is 0 Å². The number of nitrogens with zero attached hydrogens (tertiary/aromatic N) is 3. The number of anilines is 1. The first kappa shape index (κ1) is 18.9. The van der Waals surface area contributed by atoms with Gasteiger partial charge in [-0.2, -0.15) is 0 Å². The lowest BCUT2D eigenvalue weighted by Gasteiger charge is -2.37. The van der Waals surface area contributed by atoms with Crippen molar-refractivity contribution in [1.29, 1.82) is 0 Å². The number of carbonyl (C=O) groups excluding carboxylic acids is 1. The van der Waals surface area contributed by atoms with Crippen LogP contribution in [0.1, 0.15) is 27.2 Å². The molecule has 3 aromatic rings. The van der Waals surface area contributed by atoms with Gasteiger partial charge in [0, 0.05) is 47.4 Å². The molecule has 0 atom stereocenters. The molecule has 0 spiro atoms. The van der Waals surface area contributed by atoms with Gasteiger partial charge in [0.25, 0.3) is 5.91 Å². The number of hydrogen-bond acceptors (Lipinski definition) is 3. The SMILES string of the molecule is Cc1ccc(C)c(N2CCN(C(=O)c3cc(C)nc4ccc(Br)cc34)CC2)c1. The molecule has 1 aliphatic rings. The summed E-state index contributed by atoms with van der Waals surface area (Å²) in [5.41, 5.74) is 6.30. The monoisotopic (exact) mass is 437 g/mol. The molecule has 0 aliphatic carbocycles. The van der Waals surface area contributed by atoms with Crippen molar-refractivity contribution in [3.8, 4) is 0 Å². The van der Waals surface area contributed by atoms with Crippen LogP contribution in [-0.4, -0.2) is 42.0 Å². The third kappa shape index (κ3) is 3.63. The first-order valence-corrected chi connectivity index (χ1v) is 10.4. The Bertz CT molecular complexity index is 1060. The minimum atomic E-state index is 0.0919. The Balaban J connectivity index is 1.57. The molecule has 0 radical (unpaired) electrons. The molecule has 1 saturated heterocycles. The molecule has 0 N–H and O–H groups in total. The van der Waals surface area contributed by atoms with E-state index >= 15 is 0 Å². The predicted octanol–water partition coefficient (Wildman–Crippen LogP) is 4.88. The van der Waals surface area contributed by atoms with Crippen LogP contribution < -0.4 is 4.90 Å². The summed E-state index contributed by atoms with van der Waals surface area (Å²) in [6.07, 6.45) is 0. The Kier molecular flexibility index (Phi) is 5.11. The summed E-state index contributed by atoms with van der Waals surface area (Å²) in [5, 5.41) is 0.905. The summed E-state index contributed by atoms with van der Waals surface area (Å²) in [7, 11) is 0. The Labute approximate surface area is 174 Å². The lowest BCUT2D eigenvalue weighted by molar-refractivity contribution is 0.0748. The number of hydrogen-bond donors (Lipinski definition) is 0. The van der Waals surface area contributed by atoms with Crippen LogP contribution in [0.4, 0.5) is 5.69 Å². The van der Waals surface area contributed by atoms with Crippen LogP contribution >= 0.6 is 15.9 Å². The normalized spacial score (nSPS) is 14.6. The molecule has 4 nitrogen and oxygen atoms in total. The zero-order valence-corrected chi connectivity index (χ0v) is 18.1. The number of amides is 1. The number of fused-ring (bicyclic) bond motifs is 1. The van der Waals surface area contributed by atoms with Gasteiger partial charge in [0.05, 0.1) is 11.1 Å². The van der Waals surface area contributed by atoms with E-state index in [-0.39, 0.29) is 5.91 Å². The number of piperazine rings is 1. The highest BCUT2D eigenvalue weighted by atomic mass is 79.9. The fourth-order valence-electron chi connectivity index (χ4n) is 3.89. The highest BCUT2D eigenvalue weighted by Gasteiger charge is 2.24. The summed E-state index contributed by atoms with van der Waals surface area (Å²) in [4.78, 5) is 22.2. The van der Waals surface area contributed by atoms with Crippen molar-refractivity contribution in [2.75, 3.05) is 31.1 Å². The van der Waals surface area contributed by atoms with Crippen molar-refractivity contribution in [3.05, 3.63) is 69.3 Å². The smallest absolute Gasteiger partial charge is 0.254 e. The van der Waals surface area contributed by atoms with E-state index in [9.17, 15) is 4.79 Å². The molecule has 2 aromatic carbocycles. The molecule has 2 heterocycles. The van der Waals surface area contributed by atoms with Gasteiger partial charge in [-0.05, 0) is 62.2 Å². The average Bonchev–Trinajstić information content (AvgIpc) is 2.69. The number of aryl methyl sites for hydroxylation is 3. The third-order valence-corrected chi connectivity index (χ3v) is 5.89. The second kappa shape index (κ2) is 7.55. The Hall–Kier alpha value is -2.40. The third-order valence-electron chi connectivity index (χ3n) is 5.40. The van der Waals surface area contributed by atoms with Crippen LogP contribution in [0, 0.1) is 20.8 Å². The van der Waals surface area contributed by atoms with Gasteiger partial charge < -0.3 is 9.80 Å². The molecule has 0 saturated carbocycles. The van der Waals surface area contributed by atoms with E-state index in [2.05, 4.69) is 57.9 Å². The van der Waals surface area contributed by atoms with Gasteiger partial charge in [-0.3, -0.25) is 9.78 Å². The largest absolute Gasteiger partial charge is 0.368 e. The van der Waals surface area contributed by atoms with Crippen LogP contribution in [0.15, 0.2) is 46.9 Å². The summed E-state index contributed by atoms with van der Waals surface area (Å²) < 4.78 is 0.958. The maximum Gasteiger partial charge on any atom is 0.254 e. The summed E-state index contributed by atoms with van der Waals surface area (Å²) in [6.45, 7) is 9.36. The molecule has 144 valence electrons. The fraction of sp³-hybridized carbons (Fsp3) is 0.304. The van der Waals surface area contributed by atoms with Crippen LogP contribution in [0.25, 0.3) is 10.9 Å². The number of benzene rings is 2. The van der Waals surface area contributed by atoms with Crippen molar-refractivity contribution >= 4 is 38.4 Å².